The van der Waals surface area contributed by atoms with Crippen molar-refractivity contribution in [1.82, 2.24) is 9.96 Å². The molecular formula is C22H33N3O8S. The number of hydroxylamine groups is 2. The van der Waals surface area contributed by atoms with E-state index in [1.807, 2.05) is 0 Å². The molecule has 0 unspecified atom stereocenters. The van der Waals surface area contributed by atoms with Gasteiger partial charge in [-0.2, -0.15) is 13.5 Å². The second-order valence-corrected chi connectivity index (χ2v) is 9.95. The van der Waals surface area contributed by atoms with E-state index in [1.165, 1.54) is 4.90 Å². The lowest BCUT2D eigenvalue weighted by atomic mass is 9.89. The molecule has 1 saturated heterocycles. The van der Waals surface area contributed by atoms with Crippen molar-refractivity contribution in [3.05, 3.63) is 35.9 Å². The molecule has 0 spiro atoms. The van der Waals surface area contributed by atoms with Crippen LogP contribution in [-0.2, 0) is 28.4 Å². The molecule has 1 heterocycles. The highest BCUT2D eigenvalue weighted by atomic mass is 32.3. The van der Waals surface area contributed by atoms with E-state index in [1.54, 1.807) is 51.1 Å². The number of urea groups is 1. The third-order valence-corrected chi connectivity index (χ3v) is 6.13. The van der Waals surface area contributed by atoms with E-state index in [2.05, 4.69) is 0 Å². The standard InChI is InChI=1S/C22H33N3O8S/c1-4-24-18(19(23)26)12-8-14-25(21(24)28)33-34(29,30)32-16-22(2,3)13-9-15-31-20(27)17-10-6-5-7-11-17/h5-7,10-11,18H,4,8-9,12-16H2,1-3H3,(H2,23,26)/t18-/m0/s1. The highest BCUT2D eigenvalue weighted by Gasteiger charge is 2.36. The molecule has 1 fully saturated rings. The van der Waals surface area contributed by atoms with Crippen molar-refractivity contribution in [2.45, 2.75) is 52.5 Å². The first-order valence-electron chi connectivity index (χ1n) is 11.1. The number of hydrogen-bond donors (Lipinski definition) is 1. The molecule has 0 bridgehead atoms. The molecule has 2 rings (SSSR count). The predicted octanol–water partition coefficient (Wildman–Crippen LogP) is 2.23. The minimum absolute atomic E-state index is 0.0299. The molecule has 0 saturated carbocycles. The van der Waals surface area contributed by atoms with E-state index in [0.29, 0.717) is 36.3 Å². The van der Waals surface area contributed by atoms with Gasteiger partial charge in [-0.1, -0.05) is 32.0 Å². The van der Waals surface area contributed by atoms with Crippen LogP contribution in [-0.4, -0.2) is 68.6 Å². The number of hydrogen-bond acceptors (Lipinski definition) is 8. The van der Waals surface area contributed by atoms with Crippen molar-refractivity contribution in [1.29, 1.82) is 0 Å². The molecule has 190 valence electrons. The number of rotatable bonds is 12. The first kappa shape index (κ1) is 27.5. The van der Waals surface area contributed by atoms with Crippen LogP contribution < -0.4 is 5.73 Å². The van der Waals surface area contributed by atoms with Gasteiger partial charge in [-0.15, -0.1) is 4.28 Å². The van der Waals surface area contributed by atoms with Crippen LogP contribution in [0.5, 0.6) is 0 Å². The average Bonchev–Trinajstić information content (AvgIpc) is 2.94. The number of benzene rings is 1. The number of nitrogens with zero attached hydrogens (tertiary/aromatic N) is 2. The van der Waals surface area contributed by atoms with Crippen LogP contribution in [0.1, 0.15) is 56.8 Å². The van der Waals surface area contributed by atoms with Crippen molar-refractivity contribution in [3.8, 4) is 0 Å². The lowest BCUT2D eigenvalue weighted by molar-refractivity contribution is -0.122. The maximum Gasteiger partial charge on any atom is 0.421 e. The monoisotopic (exact) mass is 499 g/mol. The molecule has 3 amide bonds. The molecular weight excluding hydrogens is 466 g/mol. The summed E-state index contributed by atoms with van der Waals surface area (Å²) in [5.41, 5.74) is 5.25. The van der Waals surface area contributed by atoms with E-state index >= 15 is 0 Å². The smallest absolute Gasteiger partial charge is 0.421 e. The van der Waals surface area contributed by atoms with Gasteiger partial charge < -0.3 is 15.4 Å². The van der Waals surface area contributed by atoms with Crippen LogP contribution in [0.4, 0.5) is 4.79 Å². The zero-order valence-electron chi connectivity index (χ0n) is 19.8. The molecule has 12 heteroatoms. The molecule has 1 aromatic carbocycles. The van der Waals surface area contributed by atoms with Crippen molar-refractivity contribution in [2.75, 3.05) is 26.3 Å². The minimum Gasteiger partial charge on any atom is -0.462 e. The number of ether oxygens (including phenoxy) is 1. The summed E-state index contributed by atoms with van der Waals surface area (Å²) in [7, 11) is -4.54. The number of amides is 3. The number of primary amides is 1. The minimum atomic E-state index is -4.54. The Labute approximate surface area is 200 Å². The maximum atomic E-state index is 12.7. The van der Waals surface area contributed by atoms with Gasteiger partial charge in [-0.3, -0.25) is 4.79 Å². The van der Waals surface area contributed by atoms with Crippen LogP contribution in [0.3, 0.4) is 0 Å². The fourth-order valence-corrected chi connectivity index (χ4v) is 4.35. The number of likely N-dealkylation sites (N-methyl/N-ethyl adjacent to an activating group) is 1. The summed E-state index contributed by atoms with van der Waals surface area (Å²) in [5, 5.41) is 0.678. The normalized spacial score (nSPS) is 17.4. The SMILES string of the molecule is CCN1C(=O)N(OS(=O)(=O)OCC(C)(C)CCCOC(=O)c2ccccc2)CCC[C@H]1C(N)=O. The average molecular weight is 500 g/mol. The molecule has 1 aromatic rings. The number of nitrogens with two attached hydrogens (primary N) is 1. The Bertz CT molecular complexity index is 952. The fourth-order valence-electron chi connectivity index (χ4n) is 3.49. The van der Waals surface area contributed by atoms with Gasteiger partial charge in [0.25, 0.3) is 0 Å². The topological polar surface area (TPSA) is 146 Å². The summed E-state index contributed by atoms with van der Waals surface area (Å²) in [5.74, 6) is -1.08. The molecule has 1 atom stereocenters. The molecule has 2 N–H and O–H groups in total. The van der Waals surface area contributed by atoms with Gasteiger partial charge >= 0.3 is 22.4 Å². The third kappa shape index (κ3) is 8.26. The highest BCUT2D eigenvalue weighted by molar-refractivity contribution is 7.81. The summed E-state index contributed by atoms with van der Waals surface area (Å²) in [4.78, 5) is 37.4. The molecule has 0 aromatic heterocycles. The Morgan fingerprint density at radius 3 is 2.50 bits per heavy atom. The van der Waals surface area contributed by atoms with E-state index in [0.717, 1.165) is 0 Å². The van der Waals surface area contributed by atoms with Gasteiger partial charge in [0.15, 0.2) is 0 Å². The lowest BCUT2D eigenvalue weighted by Crippen LogP contribution is -2.51. The lowest BCUT2D eigenvalue weighted by Gasteiger charge is -2.29. The van der Waals surface area contributed by atoms with E-state index < -0.39 is 39.8 Å². The number of carbonyl (C=O) groups excluding carboxylic acids is 3. The van der Waals surface area contributed by atoms with Gasteiger partial charge in [0.1, 0.15) is 6.04 Å². The first-order valence-corrected chi connectivity index (χ1v) is 12.5. The van der Waals surface area contributed by atoms with Crippen LogP contribution >= 0.6 is 0 Å². The van der Waals surface area contributed by atoms with Gasteiger partial charge in [-0.05, 0) is 50.2 Å². The van der Waals surface area contributed by atoms with Gasteiger partial charge in [0, 0.05) is 6.54 Å². The second-order valence-electron chi connectivity index (χ2n) is 8.75. The summed E-state index contributed by atoms with van der Waals surface area (Å²) in [6, 6.07) is 7.02. The van der Waals surface area contributed by atoms with Crippen molar-refractivity contribution in [2.24, 2.45) is 11.1 Å². The molecule has 0 radical (unpaired) electrons. The maximum absolute atomic E-state index is 12.7. The zero-order chi connectivity index (χ0) is 25.4. The summed E-state index contributed by atoms with van der Waals surface area (Å²) in [6.45, 7) is 5.36. The number of carbonyl (C=O) groups is 3. The molecule has 11 nitrogen and oxygen atoms in total. The zero-order valence-corrected chi connectivity index (χ0v) is 20.6. The van der Waals surface area contributed by atoms with Crippen LogP contribution in [0.25, 0.3) is 0 Å². The van der Waals surface area contributed by atoms with Crippen LogP contribution in [0.2, 0.25) is 0 Å². The molecule has 34 heavy (non-hydrogen) atoms. The molecule has 0 aliphatic carbocycles. The van der Waals surface area contributed by atoms with Crippen molar-refractivity contribution in [3.63, 3.8) is 0 Å². The molecule has 1 aliphatic rings. The molecule has 1 aliphatic heterocycles. The van der Waals surface area contributed by atoms with Gasteiger partial charge in [-0.25, -0.2) is 13.8 Å². The predicted molar refractivity (Wildman–Crippen MR) is 122 cm³/mol. The summed E-state index contributed by atoms with van der Waals surface area (Å²) >= 11 is 0. The van der Waals surface area contributed by atoms with Gasteiger partial charge in [0.2, 0.25) is 5.91 Å². The Balaban J connectivity index is 1.83. The Hall–Kier alpha value is -2.70. The highest BCUT2D eigenvalue weighted by Crippen LogP contribution is 2.25. The van der Waals surface area contributed by atoms with Crippen molar-refractivity contribution >= 4 is 28.3 Å². The van der Waals surface area contributed by atoms with Gasteiger partial charge in [0.05, 0.1) is 25.3 Å². The largest absolute Gasteiger partial charge is 0.462 e. The van der Waals surface area contributed by atoms with Crippen LogP contribution in [0.15, 0.2) is 30.3 Å². The fraction of sp³-hybridized carbons (Fsp3) is 0.591. The van der Waals surface area contributed by atoms with E-state index in [9.17, 15) is 22.8 Å². The second kappa shape index (κ2) is 12.1. The van der Waals surface area contributed by atoms with Crippen molar-refractivity contribution < 1.29 is 36.0 Å². The van der Waals surface area contributed by atoms with E-state index in [-0.39, 0.29) is 26.3 Å². The Morgan fingerprint density at radius 1 is 1.21 bits per heavy atom. The first-order chi connectivity index (χ1) is 16.0. The Kier molecular flexibility index (Phi) is 9.83. The summed E-state index contributed by atoms with van der Waals surface area (Å²) < 4.78 is 39.9. The van der Waals surface area contributed by atoms with E-state index in [4.69, 9.17) is 18.9 Å². The summed E-state index contributed by atoms with van der Waals surface area (Å²) in [6.07, 6.45) is 1.65. The number of esters is 1. The van der Waals surface area contributed by atoms with Crippen LogP contribution in [0, 0.1) is 5.41 Å². The third-order valence-electron chi connectivity index (χ3n) is 5.36. The quantitative estimate of drug-likeness (QED) is 0.340. The Morgan fingerprint density at radius 2 is 1.88 bits per heavy atom.